The number of nitrogens with one attached hydrogen (secondary N) is 3. The third-order valence-electron chi connectivity index (χ3n) is 3.72. The minimum Gasteiger partial charge on any atom is -0.361 e. The Morgan fingerprint density at radius 1 is 1.00 bits per heavy atom. The first-order valence-corrected chi connectivity index (χ1v) is 9.65. The molecule has 1 heterocycles. The molecule has 0 bridgehead atoms. The van der Waals surface area contributed by atoms with Crippen LogP contribution in [0.2, 0.25) is 0 Å². The summed E-state index contributed by atoms with van der Waals surface area (Å²) in [6, 6.07) is 13.0. The second-order valence-electron chi connectivity index (χ2n) is 7.11. The number of hydrogen-bond donors (Lipinski definition) is 3. The number of hydrogen-bond acceptors (Lipinski definition) is 3. The maximum atomic E-state index is 12.6. The van der Waals surface area contributed by atoms with Crippen molar-refractivity contribution in [2.75, 3.05) is 4.72 Å². The Morgan fingerprint density at radius 2 is 1.69 bits per heavy atom. The summed E-state index contributed by atoms with van der Waals surface area (Å²) in [5.74, 6) is -0.204. The van der Waals surface area contributed by atoms with Crippen LogP contribution in [-0.4, -0.2) is 24.8 Å². The normalized spacial score (nSPS) is 12.1. The summed E-state index contributed by atoms with van der Waals surface area (Å²) in [6.07, 6.45) is 1.76. The zero-order chi connectivity index (χ0) is 18.9. The molecule has 0 aliphatic rings. The SMILES string of the molecule is CC(C)(C)NC(=O)c1ccc(NS(=O)(=O)c2ccc3[nH]ccc3c2)cc1. The number of carbonyl (C=O) groups is 1. The zero-order valence-electron chi connectivity index (χ0n) is 14.8. The van der Waals surface area contributed by atoms with Crippen molar-refractivity contribution in [3.63, 3.8) is 0 Å². The Kier molecular flexibility index (Phi) is 4.50. The monoisotopic (exact) mass is 371 g/mol. The number of sulfonamides is 1. The molecule has 26 heavy (non-hydrogen) atoms. The van der Waals surface area contributed by atoms with Crippen LogP contribution in [0.5, 0.6) is 0 Å². The van der Waals surface area contributed by atoms with E-state index in [2.05, 4.69) is 15.0 Å². The lowest BCUT2D eigenvalue weighted by Gasteiger charge is -2.20. The first-order valence-electron chi connectivity index (χ1n) is 8.17. The lowest BCUT2D eigenvalue weighted by Crippen LogP contribution is -2.40. The highest BCUT2D eigenvalue weighted by molar-refractivity contribution is 7.92. The van der Waals surface area contributed by atoms with Crippen molar-refractivity contribution in [2.24, 2.45) is 0 Å². The topological polar surface area (TPSA) is 91.1 Å². The van der Waals surface area contributed by atoms with E-state index in [1.807, 2.05) is 26.8 Å². The Morgan fingerprint density at radius 3 is 2.35 bits per heavy atom. The average molecular weight is 371 g/mol. The molecule has 136 valence electrons. The second-order valence-corrected chi connectivity index (χ2v) is 8.80. The molecule has 0 saturated heterocycles. The van der Waals surface area contributed by atoms with Gasteiger partial charge in [0.2, 0.25) is 0 Å². The van der Waals surface area contributed by atoms with Crippen molar-refractivity contribution in [3.8, 4) is 0 Å². The molecular formula is C19H21N3O3S. The highest BCUT2D eigenvalue weighted by atomic mass is 32.2. The van der Waals surface area contributed by atoms with Gasteiger partial charge in [0.25, 0.3) is 15.9 Å². The Labute approximate surface area is 152 Å². The average Bonchev–Trinajstić information content (AvgIpc) is 3.01. The van der Waals surface area contributed by atoms with Gasteiger partial charge in [0.1, 0.15) is 0 Å². The summed E-state index contributed by atoms with van der Waals surface area (Å²) in [4.78, 5) is 15.3. The molecule has 2 aromatic carbocycles. The molecule has 0 unspecified atom stereocenters. The number of aromatic nitrogens is 1. The number of H-pyrrole nitrogens is 1. The fraction of sp³-hybridized carbons (Fsp3) is 0.211. The van der Waals surface area contributed by atoms with Crippen LogP contribution in [0.1, 0.15) is 31.1 Å². The standard InChI is InChI=1S/C19H21N3O3S/c1-19(2,3)21-18(23)13-4-6-15(7-5-13)22-26(24,25)16-8-9-17-14(12-16)10-11-20-17/h4-12,20,22H,1-3H3,(H,21,23). The Hall–Kier alpha value is -2.80. The lowest BCUT2D eigenvalue weighted by molar-refractivity contribution is 0.0919. The van der Waals surface area contributed by atoms with Gasteiger partial charge in [0.05, 0.1) is 4.90 Å². The highest BCUT2D eigenvalue weighted by Crippen LogP contribution is 2.21. The summed E-state index contributed by atoms with van der Waals surface area (Å²) >= 11 is 0. The molecule has 3 aromatic rings. The molecule has 0 radical (unpaired) electrons. The van der Waals surface area contributed by atoms with E-state index in [1.165, 1.54) is 0 Å². The molecule has 0 fully saturated rings. The van der Waals surface area contributed by atoms with Gasteiger partial charge in [-0.2, -0.15) is 0 Å². The maximum Gasteiger partial charge on any atom is 0.261 e. The van der Waals surface area contributed by atoms with Gasteiger partial charge in [0, 0.05) is 33.9 Å². The summed E-state index contributed by atoms with van der Waals surface area (Å²) in [5.41, 5.74) is 1.40. The van der Waals surface area contributed by atoms with Gasteiger partial charge < -0.3 is 10.3 Å². The van der Waals surface area contributed by atoms with E-state index in [0.717, 1.165) is 10.9 Å². The maximum absolute atomic E-state index is 12.6. The molecule has 0 saturated carbocycles. The van der Waals surface area contributed by atoms with E-state index in [4.69, 9.17) is 0 Å². The molecule has 7 heteroatoms. The largest absolute Gasteiger partial charge is 0.361 e. The zero-order valence-corrected chi connectivity index (χ0v) is 15.6. The molecule has 0 aliphatic carbocycles. The second kappa shape index (κ2) is 6.49. The van der Waals surface area contributed by atoms with Gasteiger partial charge in [-0.15, -0.1) is 0 Å². The van der Waals surface area contributed by atoms with E-state index in [0.29, 0.717) is 11.3 Å². The van der Waals surface area contributed by atoms with Crippen molar-refractivity contribution in [2.45, 2.75) is 31.2 Å². The quantitative estimate of drug-likeness (QED) is 0.655. The molecule has 0 atom stereocenters. The van der Waals surface area contributed by atoms with Crippen LogP contribution in [0.25, 0.3) is 10.9 Å². The summed E-state index contributed by atoms with van der Waals surface area (Å²) < 4.78 is 27.7. The molecular weight excluding hydrogens is 350 g/mol. The van der Waals surface area contributed by atoms with Crippen molar-refractivity contribution in [1.82, 2.24) is 10.3 Å². The van der Waals surface area contributed by atoms with Gasteiger partial charge in [-0.3, -0.25) is 9.52 Å². The predicted octanol–water partition coefficient (Wildman–Crippen LogP) is 3.50. The number of fused-ring (bicyclic) bond motifs is 1. The molecule has 3 rings (SSSR count). The molecule has 1 amide bonds. The predicted molar refractivity (Wildman–Crippen MR) is 103 cm³/mol. The van der Waals surface area contributed by atoms with Gasteiger partial charge in [-0.25, -0.2) is 8.42 Å². The molecule has 3 N–H and O–H groups in total. The molecule has 0 aliphatic heterocycles. The van der Waals surface area contributed by atoms with Gasteiger partial charge in [-0.1, -0.05) is 0 Å². The van der Waals surface area contributed by atoms with E-state index in [9.17, 15) is 13.2 Å². The first kappa shape index (κ1) is 18.0. The summed E-state index contributed by atoms with van der Waals surface area (Å²) in [5, 5.41) is 3.68. The van der Waals surface area contributed by atoms with Crippen LogP contribution >= 0.6 is 0 Å². The Bertz CT molecular complexity index is 1050. The van der Waals surface area contributed by atoms with Crippen molar-refractivity contribution in [3.05, 3.63) is 60.3 Å². The molecule has 1 aromatic heterocycles. The van der Waals surface area contributed by atoms with Crippen LogP contribution in [0, 0.1) is 0 Å². The first-order chi connectivity index (χ1) is 12.1. The van der Waals surface area contributed by atoms with Gasteiger partial charge >= 0.3 is 0 Å². The van der Waals surface area contributed by atoms with Crippen LogP contribution in [0.15, 0.2) is 59.6 Å². The third-order valence-corrected chi connectivity index (χ3v) is 5.10. The van der Waals surface area contributed by atoms with E-state index in [-0.39, 0.29) is 16.3 Å². The number of benzene rings is 2. The van der Waals surface area contributed by atoms with Gasteiger partial charge in [0.15, 0.2) is 0 Å². The van der Waals surface area contributed by atoms with E-state index >= 15 is 0 Å². The van der Waals surface area contributed by atoms with Crippen LogP contribution in [0.4, 0.5) is 5.69 Å². The number of rotatable bonds is 4. The van der Waals surface area contributed by atoms with Crippen molar-refractivity contribution in [1.29, 1.82) is 0 Å². The number of aromatic amines is 1. The third kappa shape index (κ3) is 4.05. The fourth-order valence-corrected chi connectivity index (χ4v) is 3.61. The smallest absolute Gasteiger partial charge is 0.261 e. The van der Waals surface area contributed by atoms with Crippen LogP contribution in [-0.2, 0) is 10.0 Å². The molecule has 6 nitrogen and oxygen atoms in total. The number of carbonyl (C=O) groups excluding carboxylic acids is 1. The lowest BCUT2D eigenvalue weighted by atomic mass is 10.1. The van der Waals surface area contributed by atoms with Crippen LogP contribution < -0.4 is 10.0 Å². The minimum atomic E-state index is -3.71. The highest BCUT2D eigenvalue weighted by Gasteiger charge is 2.17. The summed E-state index contributed by atoms with van der Waals surface area (Å²) in [7, 11) is -3.71. The van der Waals surface area contributed by atoms with Gasteiger partial charge in [-0.05, 0) is 69.3 Å². The number of amides is 1. The number of anilines is 1. The van der Waals surface area contributed by atoms with E-state index in [1.54, 1.807) is 48.7 Å². The van der Waals surface area contributed by atoms with Crippen molar-refractivity contribution < 1.29 is 13.2 Å². The van der Waals surface area contributed by atoms with Crippen LogP contribution in [0.3, 0.4) is 0 Å². The fourth-order valence-electron chi connectivity index (χ4n) is 2.52. The summed E-state index contributed by atoms with van der Waals surface area (Å²) in [6.45, 7) is 5.69. The Balaban J connectivity index is 1.78. The molecule has 0 spiro atoms. The van der Waals surface area contributed by atoms with E-state index < -0.39 is 10.0 Å². The van der Waals surface area contributed by atoms with Crippen molar-refractivity contribution >= 4 is 32.5 Å². The minimum absolute atomic E-state index is 0.180.